The van der Waals surface area contributed by atoms with Gasteiger partial charge in [0.15, 0.2) is 12.5 Å². The van der Waals surface area contributed by atoms with Crippen LogP contribution < -0.4 is 16.6 Å². The van der Waals surface area contributed by atoms with E-state index in [4.69, 9.17) is 18.7 Å². The molecule has 3 aromatic rings. The number of rotatable bonds is 12. The molecule has 5 rings (SSSR count). The van der Waals surface area contributed by atoms with Crippen LogP contribution in [0.1, 0.15) is 29.3 Å². The maximum absolute atomic E-state index is 12.7. The molecule has 2 saturated heterocycles. The number of aryl methyl sites for hydroxylation is 3. The van der Waals surface area contributed by atoms with Crippen molar-refractivity contribution in [2.45, 2.75) is 57.5 Å². The summed E-state index contributed by atoms with van der Waals surface area (Å²) in [6, 6.07) is 14.6. The molecule has 2 aliphatic rings. The van der Waals surface area contributed by atoms with E-state index in [0.29, 0.717) is 18.4 Å². The molecule has 3 heterocycles. The topological polar surface area (TPSA) is 222 Å². The molecule has 0 spiro atoms. The lowest BCUT2D eigenvalue weighted by atomic mass is 10.1. The quantitative estimate of drug-likeness (QED) is 0.201. The second kappa shape index (κ2) is 13.3. The van der Waals surface area contributed by atoms with Crippen molar-refractivity contribution in [1.29, 1.82) is 0 Å². The van der Waals surface area contributed by atoms with Gasteiger partial charge in [-0.05, 0) is 49.1 Å². The molecule has 0 bridgehead atoms. The smallest absolute Gasteiger partial charge is 0.346 e. The number of phosphoric ester groups is 1. The summed E-state index contributed by atoms with van der Waals surface area (Å²) in [5.74, 6) is 0. The lowest BCUT2D eigenvalue weighted by molar-refractivity contribution is -0.153. The molecule has 2 fully saturated rings. The zero-order valence-corrected chi connectivity index (χ0v) is 26.6. The van der Waals surface area contributed by atoms with Gasteiger partial charge in [-0.3, -0.25) is 23.4 Å². The number of fused-ring (bicyclic) bond motifs is 1. The summed E-state index contributed by atoms with van der Waals surface area (Å²) < 4.78 is 70.4. The van der Waals surface area contributed by atoms with Crippen LogP contribution in [-0.2, 0) is 47.5 Å². The Morgan fingerprint density at radius 3 is 2.27 bits per heavy atom. The van der Waals surface area contributed by atoms with Crippen molar-refractivity contribution < 1.29 is 55.7 Å². The zero-order valence-electron chi connectivity index (χ0n) is 23.9. The summed E-state index contributed by atoms with van der Waals surface area (Å²) in [7, 11) is -16.1. The second-order valence-corrected chi connectivity index (χ2v) is 15.4. The van der Waals surface area contributed by atoms with E-state index in [-0.39, 0.29) is 5.30 Å². The second-order valence-electron chi connectivity index (χ2n) is 10.4. The molecule has 4 N–H and O–H groups in total. The van der Waals surface area contributed by atoms with Crippen LogP contribution in [0.2, 0.25) is 0 Å². The van der Waals surface area contributed by atoms with Crippen LogP contribution in [0, 0.1) is 13.8 Å². The first-order valence-corrected chi connectivity index (χ1v) is 18.1. The van der Waals surface area contributed by atoms with Gasteiger partial charge in [-0.25, -0.2) is 18.2 Å². The Morgan fingerprint density at radius 1 is 0.867 bits per heavy atom. The van der Waals surface area contributed by atoms with E-state index in [1.807, 2.05) is 30.3 Å². The molecule has 2 aromatic carbocycles. The summed E-state index contributed by atoms with van der Waals surface area (Å²) in [5.41, 5.74) is 0.932. The molecule has 16 nitrogen and oxygen atoms in total. The number of nitrogens with one attached hydrogen (secondary N) is 1. The number of H-pyrrole nitrogens is 1. The standard InChI is InChI=1S/C26H31N2O14P3/c1-16-8-10-19(14-17(16)2)43(31,32)41-45(35,36)42-44(33,34)37-15-20-23-24(25(38-20)28-13-12-21(29)27-26(28)30)40-22(39-23)11-9-18-6-4-3-5-7-18/h3-8,10,12-14,20,22-25H,9,11,15H2,1-2H3,(H,31,32)(H,33,34)(H,35,36)(H,27,29,30)/t20-,22?,23+,24?,25-/m1/s1. The third kappa shape index (κ3) is 8.25. The van der Waals surface area contributed by atoms with Crippen LogP contribution in [0.5, 0.6) is 0 Å². The number of ether oxygens (including phenoxy) is 3. The SMILES string of the molecule is Cc1ccc(P(=O)(O)OP(=O)(O)OP(=O)(O)OC[C@H]2O[C@@H](n3ccc(=O)[nH]c3=O)C3OC(CCc4ccccc4)O[C@H]32)cc1C. The van der Waals surface area contributed by atoms with Crippen LogP contribution in [0.3, 0.4) is 0 Å². The number of aromatic nitrogens is 2. The van der Waals surface area contributed by atoms with Gasteiger partial charge in [-0.1, -0.05) is 36.4 Å². The highest BCUT2D eigenvalue weighted by Crippen LogP contribution is 2.67. The molecule has 8 atom stereocenters. The van der Waals surface area contributed by atoms with Gasteiger partial charge >= 0.3 is 28.9 Å². The Kier molecular flexibility index (Phi) is 9.98. The minimum absolute atomic E-state index is 0.341. The molecule has 0 amide bonds. The first-order chi connectivity index (χ1) is 21.1. The number of hydrogen-bond acceptors (Lipinski definition) is 11. The average molecular weight is 688 g/mol. The van der Waals surface area contributed by atoms with Gasteiger partial charge in [-0.15, -0.1) is 0 Å². The molecule has 0 radical (unpaired) electrons. The van der Waals surface area contributed by atoms with Crippen LogP contribution in [0.4, 0.5) is 0 Å². The van der Waals surface area contributed by atoms with E-state index in [0.717, 1.165) is 21.8 Å². The maximum atomic E-state index is 12.7. The molecule has 19 heteroatoms. The molecule has 45 heavy (non-hydrogen) atoms. The zero-order chi connectivity index (χ0) is 32.6. The van der Waals surface area contributed by atoms with E-state index in [1.54, 1.807) is 13.8 Å². The van der Waals surface area contributed by atoms with Gasteiger partial charge in [0.1, 0.15) is 18.3 Å². The van der Waals surface area contributed by atoms with Crippen LogP contribution in [-0.4, -0.2) is 55.4 Å². The predicted molar refractivity (Wildman–Crippen MR) is 157 cm³/mol. The van der Waals surface area contributed by atoms with E-state index in [2.05, 4.69) is 13.6 Å². The number of aromatic amines is 1. The maximum Gasteiger partial charge on any atom is 0.488 e. The van der Waals surface area contributed by atoms with E-state index in [1.165, 1.54) is 24.4 Å². The molecule has 244 valence electrons. The first-order valence-electron chi connectivity index (χ1n) is 13.6. The van der Waals surface area contributed by atoms with Crippen LogP contribution >= 0.6 is 23.2 Å². The van der Waals surface area contributed by atoms with Crippen molar-refractivity contribution in [1.82, 2.24) is 9.55 Å². The van der Waals surface area contributed by atoms with Gasteiger partial charge in [0.2, 0.25) is 0 Å². The van der Waals surface area contributed by atoms with Crippen molar-refractivity contribution in [3.05, 3.63) is 98.3 Å². The Hall–Kier alpha value is -2.55. The molecule has 1 aromatic heterocycles. The fraction of sp³-hybridized carbons (Fsp3) is 0.385. The average Bonchev–Trinajstić information content (AvgIpc) is 3.51. The van der Waals surface area contributed by atoms with Crippen molar-refractivity contribution in [2.75, 3.05) is 6.61 Å². The molecule has 2 aliphatic heterocycles. The highest BCUT2D eigenvalue weighted by molar-refractivity contribution is 7.71. The summed E-state index contributed by atoms with van der Waals surface area (Å²) in [6.07, 6.45) is -2.79. The highest BCUT2D eigenvalue weighted by Gasteiger charge is 2.54. The van der Waals surface area contributed by atoms with Gasteiger partial charge < -0.3 is 28.9 Å². The normalized spacial score (nSPS) is 26.9. The summed E-state index contributed by atoms with van der Waals surface area (Å²) >= 11 is 0. The monoisotopic (exact) mass is 688 g/mol. The van der Waals surface area contributed by atoms with Gasteiger partial charge in [0.25, 0.3) is 5.56 Å². The number of hydrogen-bond donors (Lipinski definition) is 4. The summed E-state index contributed by atoms with van der Waals surface area (Å²) in [6.45, 7) is 2.61. The molecular weight excluding hydrogens is 657 g/mol. The number of nitrogens with zero attached hydrogens (tertiary/aromatic N) is 1. The third-order valence-electron chi connectivity index (χ3n) is 7.18. The minimum Gasteiger partial charge on any atom is -0.346 e. The van der Waals surface area contributed by atoms with Gasteiger partial charge in [0, 0.05) is 18.7 Å². The number of phosphoric acid groups is 2. The molecular formula is C26H31N2O14P3. The summed E-state index contributed by atoms with van der Waals surface area (Å²) in [5, 5.41) is -0.341. The van der Waals surface area contributed by atoms with Gasteiger partial charge in [-0.2, -0.15) is 4.31 Å². The van der Waals surface area contributed by atoms with Gasteiger partial charge in [0.05, 0.1) is 11.9 Å². The van der Waals surface area contributed by atoms with E-state index < -0.39 is 71.9 Å². The lowest BCUT2D eigenvalue weighted by Gasteiger charge is -2.22. The van der Waals surface area contributed by atoms with Crippen LogP contribution in [0.25, 0.3) is 0 Å². The Bertz CT molecular complexity index is 1800. The van der Waals surface area contributed by atoms with Crippen molar-refractivity contribution in [3.63, 3.8) is 0 Å². The Balaban J connectivity index is 1.27. The molecule has 0 saturated carbocycles. The molecule has 0 aliphatic carbocycles. The fourth-order valence-electron chi connectivity index (χ4n) is 4.88. The predicted octanol–water partition coefficient (Wildman–Crippen LogP) is 2.56. The van der Waals surface area contributed by atoms with Crippen molar-refractivity contribution >= 4 is 28.5 Å². The van der Waals surface area contributed by atoms with E-state index in [9.17, 15) is 38.0 Å². The third-order valence-corrected chi connectivity index (χ3v) is 11.9. The summed E-state index contributed by atoms with van der Waals surface area (Å²) in [4.78, 5) is 56.8. The number of benzene rings is 2. The van der Waals surface area contributed by atoms with E-state index >= 15 is 0 Å². The molecule has 5 unspecified atom stereocenters. The first kappa shape index (κ1) is 33.8. The minimum atomic E-state index is -5.66. The Morgan fingerprint density at radius 2 is 1.58 bits per heavy atom. The van der Waals surface area contributed by atoms with Crippen molar-refractivity contribution in [3.8, 4) is 0 Å². The fourth-order valence-corrected chi connectivity index (χ4v) is 8.95. The Labute approximate surface area is 256 Å². The highest BCUT2D eigenvalue weighted by atomic mass is 31.3. The van der Waals surface area contributed by atoms with Crippen molar-refractivity contribution in [2.24, 2.45) is 0 Å². The lowest BCUT2D eigenvalue weighted by Crippen LogP contribution is -2.36. The van der Waals surface area contributed by atoms with Crippen LogP contribution in [0.15, 0.2) is 70.4 Å². The largest absolute Gasteiger partial charge is 0.488 e.